The molecule has 34 heavy (non-hydrogen) atoms. The van der Waals surface area contributed by atoms with E-state index >= 15 is 0 Å². The number of benzene rings is 3. The predicted molar refractivity (Wildman–Crippen MR) is 132 cm³/mol. The Balaban J connectivity index is 1.33. The lowest BCUT2D eigenvalue weighted by molar-refractivity contribution is 0.292. The molecule has 170 valence electrons. The van der Waals surface area contributed by atoms with Gasteiger partial charge in [-0.05, 0) is 60.2 Å². The summed E-state index contributed by atoms with van der Waals surface area (Å²) >= 11 is 1.64. The first kappa shape index (κ1) is 21.8. The maximum atomic E-state index is 5.98. The van der Waals surface area contributed by atoms with Gasteiger partial charge in [-0.25, -0.2) is 4.68 Å². The van der Waals surface area contributed by atoms with Crippen molar-refractivity contribution in [1.82, 2.24) is 24.5 Å². The third-order valence-electron chi connectivity index (χ3n) is 5.22. The van der Waals surface area contributed by atoms with E-state index in [0.29, 0.717) is 6.61 Å². The van der Waals surface area contributed by atoms with Crippen LogP contribution in [0.15, 0.2) is 102 Å². The Morgan fingerprint density at radius 3 is 2.26 bits per heavy atom. The summed E-state index contributed by atoms with van der Waals surface area (Å²) in [5.74, 6) is 3.04. The first-order chi connectivity index (χ1) is 16.8. The van der Waals surface area contributed by atoms with Crippen LogP contribution in [0.3, 0.4) is 0 Å². The van der Waals surface area contributed by atoms with Crippen LogP contribution in [0.25, 0.3) is 11.4 Å². The highest BCUT2D eigenvalue weighted by Gasteiger charge is 2.15. The summed E-state index contributed by atoms with van der Waals surface area (Å²) in [7, 11) is 1.64. The average Bonchev–Trinajstić information content (AvgIpc) is 3.58. The number of ether oxygens (including phenoxy) is 2. The van der Waals surface area contributed by atoms with Crippen molar-refractivity contribution < 1.29 is 9.47 Å². The van der Waals surface area contributed by atoms with E-state index in [9.17, 15) is 0 Å². The minimum absolute atomic E-state index is 0.299. The molecule has 0 radical (unpaired) electrons. The second kappa shape index (κ2) is 10.3. The molecule has 0 unspecified atom stereocenters. The van der Waals surface area contributed by atoms with Crippen LogP contribution >= 0.6 is 11.8 Å². The van der Waals surface area contributed by atoms with Crippen molar-refractivity contribution in [3.63, 3.8) is 0 Å². The number of hydrogen-bond donors (Lipinski definition) is 0. The Kier molecular flexibility index (Phi) is 6.58. The zero-order valence-corrected chi connectivity index (χ0v) is 19.4. The van der Waals surface area contributed by atoms with Gasteiger partial charge < -0.3 is 9.47 Å². The molecule has 5 aromatic rings. The number of nitrogens with zero attached hydrogens (tertiary/aromatic N) is 5. The van der Waals surface area contributed by atoms with Crippen LogP contribution in [0.4, 0.5) is 0 Å². The Hall–Kier alpha value is -4.04. The summed E-state index contributed by atoms with van der Waals surface area (Å²) in [6.45, 7) is 0.299. The third kappa shape index (κ3) is 4.97. The first-order valence-electron chi connectivity index (χ1n) is 10.8. The number of para-hydroxylation sites is 1. The summed E-state index contributed by atoms with van der Waals surface area (Å²) in [5, 5.41) is 14.0. The van der Waals surface area contributed by atoms with Crippen LogP contribution in [-0.4, -0.2) is 31.7 Å². The molecule has 0 amide bonds. The largest absolute Gasteiger partial charge is 0.497 e. The number of thioether (sulfide) groups is 1. The summed E-state index contributed by atoms with van der Waals surface area (Å²) < 4.78 is 15.1. The van der Waals surface area contributed by atoms with Crippen molar-refractivity contribution in [2.75, 3.05) is 7.11 Å². The molecule has 0 N–H and O–H groups in total. The van der Waals surface area contributed by atoms with Gasteiger partial charge in [-0.1, -0.05) is 42.1 Å². The van der Waals surface area contributed by atoms with Gasteiger partial charge in [-0.2, -0.15) is 5.10 Å². The predicted octanol–water partition coefficient (Wildman–Crippen LogP) is 5.33. The first-order valence-corrected chi connectivity index (χ1v) is 11.8. The van der Waals surface area contributed by atoms with E-state index in [1.54, 1.807) is 25.1 Å². The van der Waals surface area contributed by atoms with Crippen LogP contribution in [0, 0.1) is 0 Å². The Morgan fingerprint density at radius 2 is 1.56 bits per heavy atom. The molecule has 2 aromatic heterocycles. The SMILES string of the molecule is COc1ccc(OCc2nnc(SCc3ccc(-n4cccn4)cc3)n2-c2ccccc2)cc1. The molecule has 0 aliphatic carbocycles. The lowest BCUT2D eigenvalue weighted by Crippen LogP contribution is -2.06. The number of rotatable bonds is 9. The molecule has 3 aromatic carbocycles. The number of aromatic nitrogens is 5. The standard InChI is InChI=1S/C26H23N5O2S/c1-32-23-12-14-24(15-13-23)33-18-25-28-29-26(31(25)22-6-3-2-4-7-22)34-19-20-8-10-21(11-9-20)30-17-5-16-27-30/h2-17H,18-19H2,1H3. The van der Waals surface area contributed by atoms with Crippen molar-refractivity contribution >= 4 is 11.8 Å². The van der Waals surface area contributed by atoms with E-state index in [1.807, 2.05) is 76.1 Å². The molecule has 0 atom stereocenters. The van der Waals surface area contributed by atoms with Gasteiger partial charge >= 0.3 is 0 Å². The summed E-state index contributed by atoms with van der Waals surface area (Å²) in [4.78, 5) is 0. The molecule has 5 rings (SSSR count). The van der Waals surface area contributed by atoms with Crippen LogP contribution in [0.2, 0.25) is 0 Å². The molecular formula is C26H23N5O2S. The third-order valence-corrected chi connectivity index (χ3v) is 6.22. The maximum absolute atomic E-state index is 5.98. The van der Waals surface area contributed by atoms with Crippen LogP contribution in [0.5, 0.6) is 11.5 Å². The van der Waals surface area contributed by atoms with E-state index in [4.69, 9.17) is 9.47 Å². The highest BCUT2D eigenvalue weighted by Crippen LogP contribution is 2.26. The molecule has 7 nitrogen and oxygen atoms in total. The number of hydrogen-bond acceptors (Lipinski definition) is 6. The smallest absolute Gasteiger partial charge is 0.196 e. The zero-order chi connectivity index (χ0) is 23.2. The minimum atomic E-state index is 0.299. The van der Waals surface area contributed by atoms with Gasteiger partial charge in [-0.3, -0.25) is 4.57 Å². The van der Waals surface area contributed by atoms with Gasteiger partial charge in [0.15, 0.2) is 11.0 Å². The molecular weight excluding hydrogens is 446 g/mol. The van der Waals surface area contributed by atoms with Gasteiger partial charge in [-0.15, -0.1) is 10.2 Å². The van der Waals surface area contributed by atoms with E-state index in [0.717, 1.165) is 39.6 Å². The second-order valence-electron chi connectivity index (χ2n) is 7.44. The van der Waals surface area contributed by atoms with Gasteiger partial charge in [0.2, 0.25) is 0 Å². The lowest BCUT2D eigenvalue weighted by atomic mass is 10.2. The molecule has 0 aliphatic heterocycles. The van der Waals surface area contributed by atoms with Gasteiger partial charge in [0.05, 0.1) is 12.8 Å². The fraction of sp³-hybridized carbons (Fsp3) is 0.115. The Morgan fingerprint density at radius 1 is 0.794 bits per heavy atom. The maximum Gasteiger partial charge on any atom is 0.196 e. The van der Waals surface area contributed by atoms with Gasteiger partial charge in [0.1, 0.15) is 18.1 Å². The lowest BCUT2D eigenvalue weighted by Gasteiger charge is -2.11. The summed E-state index contributed by atoms with van der Waals surface area (Å²) in [6, 6.07) is 27.9. The fourth-order valence-corrected chi connectivity index (χ4v) is 4.38. The molecule has 0 aliphatic rings. The van der Waals surface area contributed by atoms with Crippen LogP contribution < -0.4 is 9.47 Å². The van der Waals surface area contributed by atoms with Crippen molar-refractivity contribution in [2.24, 2.45) is 0 Å². The van der Waals surface area contributed by atoms with Gasteiger partial charge in [0.25, 0.3) is 0 Å². The van der Waals surface area contributed by atoms with E-state index in [-0.39, 0.29) is 0 Å². The quantitative estimate of drug-likeness (QED) is 0.272. The zero-order valence-electron chi connectivity index (χ0n) is 18.6. The van der Waals surface area contributed by atoms with Crippen molar-refractivity contribution in [1.29, 1.82) is 0 Å². The highest BCUT2D eigenvalue weighted by atomic mass is 32.2. The highest BCUT2D eigenvalue weighted by molar-refractivity contribution is 7.98. The number of methoxy groups -OCH3 is 1. The van der Waals surface area contributed by atoms with Crippen molar-refractivity contribution in [2.45, 2.75) is 17.5 Å². The molecule has 2 heterocycles. The van der Waals surface area contributed by atoms with Gasteiger partial charge in [0, 0.05) is 23.8 Å². The second-order valence-corrected chi connectivity index (χ2v) is 8.38. The van der Waals surface area contributed by atoms with Crippen molar-refractivity contribution in [3.8, 4) is 22.9 Å². The summed E-state index contributed by atoms with van der Waals surface area (Å²) in [6.07, 6.45) is 3.71. The van der Waals surface area contributed by atoms with Crippen LogP contribution in [0.1, 0.15) is 11.4 Å². The van der Waals surface area contributed by atoms with E-state index in [2.05, 4.69) is 39.6 Å². The molecule has 8 heteroatoms. The average molecular weight is 470 g/mol. The molecule has 0 bridgehead atoms. The Bertz CT molecular complexity index is 1320. The normalized spacial score (nSPS) is 10.9. The fourth-order valence-electron chi connectivity index (χ4n) is 3.46. The minimum Gasteiger partial charge on any atom is -0.497 e. The molecule has 0 fully saturated rings. The summed E-state index contributed by atoms with van der Waals surface area (Å²) in [5.41, 5.74) is 3.22. The van der Waals surface area contributed by atoms with E-state index in [1.165, 1.54) is 5.56 Å². The van der Waals surface area contributed by atoms with E-state index < -0.39 is 0 Å². The topological polar surface area (TPSA) is 67.0 Å². The molecule has 0 spiro atoms. The van der Waals surface area contributed by atoms with Crippen LogP contribution in [-0.2, 0) is 12.4 Å². The monoisotopic (exact) mass is 469 g/mol. The molecule has 0 saturated heterocycles. The molecule has 0 saturated carbocycles. The Labute approximate surface area is 202 Å². The van der Waals surface area contributed by atoms with Crippen molar-refractivity contribution in [3.05, 3.63) is 109 Å².